The highest BCUT2D eigenvalue weighted by atomic mass is 19.1. The zero-order valence-electron chi connectivity index (χ0n) is 22.7. The largest absolute Gasteiger partial charge is 0.476 e. The summed E-state index contributed by atoms with van der Waals surface area (Å²) in [5, 5.41) is 4.12. The van der Waals surface area contributed by atoms with E-state index in [-0.39, 0.29) is 5.56 Å². The zero-order valence-corrected chi connectivity index (χ0v) is 22.7. The lowest BCUT2D eigenvalue weighted by molar-refractivity contribution is 0.236. The van der Waals surface area contributed by atoms with Crippen LogP contribution in [0.25, 0.3) is 11.0 Å². The molecule has 0 bridgehead atoms. The molecule has 1 saturated heterocycles. The molecule has 0 amide bonds. The molecule has 0 saturated carbocycles. The van der Waals surface area contributed by atoms with Crippen LogP contribution in [0.5, 0.6) is 5.88 Å². The Bertz CT molecular complexity index is 1230. The molecule has 2 atom stereocenters. The summed E-state index contributed by atoms with van der Waals surface area (Å²) >= 11 is 0. The van der Waals surface area contributed by atoms with Crippen molar-refractivity contribution in [1.82, 2.24) is 24.8 Å². The number of likely N-dealkylation sites (N-methyl/N-ethyl adjacent to an activating group) is 1. The van der Waals surface area contributed by atoms with Gasteiger partial charge in [-0.05, 0) is 79.8 Å². The zero-order chi connectivity index (χ0) is 26.7. The summed E-state index contributed by atoms with van der Waals surface area (Å²) in [5.74, 6) is 1.53. The van der Waals surface area contributed by atoms with Crippen LogP contribution >= 0.6 is 0 Å². The predicted molar refractivity (Wildman–Crippen MR) is 144 cm³/mol. The summed E-state index contributed by atoms with van der Waals surface area (Å²) in [6.45, 7) is 8.32. The maximum absolute atomic E-state index is 15.1. The van der Waals surface area contributed by atoms with Crippen molar-refractivity contribution in [2.45, 2.75) is 51.7 Å². The number of anilines is 1. The first-order valence-corrected chi connectivity index (χ1v) is 13.0. The minimum atomic E-state index is -1.39. The van der Waals surface area contributed by atoms with E-state index in [0.717, 1.165) is 43.4 Å². The Labute approximate surface area is 218 Å². The molecule has 1 aliphatic rings. The number of ether oxygens (including phenoxy) is 1. The van der Waals surface area contributed by atoms with Crippen LogP contribution < -0.4 is 10.1 Å². The highest BCUT2D eigenvalue weighted by Crippen LogP contribution is 2.37. The van der Waals surface area contributed by atoms with Gasteiger partial charge in [0.25, 0.3) is 0 Å². The van der Waals surface area contributed by atoms with E-state index in [2.05, 4.69) is 38.2 Å². The van der Waals surface area contributed by atoms with E-state index in [4.69, 9.17) is 9.72 Å². The first-order chi connectivity index (χ1) is 17.6. The second kappa shape index (κ2) is 11.6. The van der Waals surface area contributed by atoms with Gasteiger partial charge in [0.05, 0.1) is 11.4 Å². The molecule has 0 radical (unpaired) electrons. The van der Waals surface area contributed by atoms with Crippen LogP contribution in [0.4, 0.5) is 14.6 Å². The molecule has 0 aliphatic carbocycles. The average Bonchev–Trinajstić information content (AvgIpc) is 2.84. The fourth-order valence-corrected chi connectivity index (χ4v) is 4.82. The Balaban J connectivity index is 1.73. The normalized spacial score (nSPS) is 16.8. The fraction of sp³-hybridized carbons (Fsp3) is 0.536. The van der Waals surface area contributed by atoms with E-state index in [1.807, 2.05) is 21.0 Å². The molecule has 9 heteroatoms. The van der Waals surface area contributed by atoms with E-state index in [0.29, 0.717) is 41.3 Å². The molecular formula is C28H38F2N6O. The first kappa shape index (κ1) is 27.1. The summed E-state index contributed by atoms with van der Waals surface area (Å²) < 4.78 is 35.2. The number of piperidine rings is 1. The molecule has 7 nitrogen and oxygen atoms in total. The third-order valence-electron chi connectivity index (χ3n) is 7.03. The Morgan fingerprint density at radius 1 is 1.14 bits per heavy atom. The summed E-state index contributed by atoms with van der Waals surface area (Å²) in [5.41, 5.74) is 2.03. The standard InChI is InChI=1S/C28H38F2N6O/c1-17(29)21-8-7-9-22(25(21)30)18(2)31-26-24-16-23(20-10-12-36(6)13-11-20)28(37-15-14-35(4)5)34-27(24)33-19(3)32-26/h7-9,16-18,20H,10-15H2,1-6H3,(H,31,32,33,34)/t17?,18-/m1/s1. The number of pyridine rings is 1. The van der Waals surface area contributed by atoms with Crippen molar-refractivity contribution in [2.24, 2.45) is 0 Å². The smallest absolute Gasteiger partial charge is 0.218 e. The number of aromatic nitrogens is 3. The number of hydrogen-bond acceptors (Lipinski definition) is 7. The SMILES string of the molecule is Cc1nc(N[C@H](C)c2cccc(C(C)F)c2F)c2cc(C3CCN(C)CC3)c(OCCN(C)C)nc2n1. The van der Waals surface area contributed by atoms with Crippen molar-refractivity contribution in [3.05, 3.63) is 52.6 Å². The van der Waals surface area contributed by atoms with E-state index < -0.39 is 18.0 Å². The van der Waals surface area contributed by atoms with Crippen LogP contribution in [-0.2, 0) is 0 Å². The van der Waals surface area contributed by atoms with Crippen molar-refractivity contribution in [1.29, 1.82) is 0 Å². The minimum absolute atomic E-state index is 0.0561. The monoisotopic (exact) mass is 512 g/mol. The van der Waals surface area contributed by atoms with Crippen LogP contribution in [-0.4, -0.2) is 72.1 Å². The highest BCUT2D eigenvalue weighted by Gasteiger charge is 2.25. The van der Waals surface area contributed by atoms with Crippen LogP contribution in [0.1, 0.15) is 67.3 Å². The molecular weight excluding hydrogens is 474 g/mol. The van der Waals surface area contributed by atoms with E-state index in [1.54, 1.807) is 19.1 Å². The highest BCUT2D eigenvalue weighted by molar-refractivity contribution is 5.88. The second-order valence-electron chi connectivity index (χ2n) is 10.3. The second-order valence-corrected chi connectivity index (χ2v) is 10.3. The molecule has 1 fully saturated rings. The molecule has 1 unspecified atom stereocenters. The summed E-state index contributed by atoms with van der Waals surface area (Å²) in [6, 6.07) is 6.49. The van der Waals surface area contributed by atoms with Crippen LogP contribution in [0.2, 0.25) is 0 Å². The van der Waals surface area contributed by atoms with E-state index in [9.17, 15) is 4.39 Å². The Hall–Kier alpha value is -2.91. The third kappa shape index (κ3) is 6.33. The van der Waals surface area contributed by atoms with Gasteiger partial charge in [0.2, 0.25) is 5.88 Å². The number of rotatable bonds is 9. The summed E-state index contributed by atoms with van der Waals surface area (Å²) in [7, 11) is 6.16. The van der Waals surface area contributed by atoms with Gasteiger partial charge in [-0.2, -0.15) is 4.98 Å². The van der Waals surface area contributed by atoms with Crippen LogP contribution in [0, 0.1) is 12.7 Å². The number of likely N-dealkylation sites (tertiary alicyclic amines) is 1. The maximum atomic E-state index is 15.1. The molecule has 4 rings (SSSR count). The van der Waals surface area contributed by atoms with Gasteiger partial charge in [-0.25, -0.2) is 18.7 Å². The molecule has 3 aromatic rings. The summed E-state index contributed by atoms with van der Waals surface area (Å²) in [4.78, 5) is 18.5. The lowest BCUT2D eigenvalue weighted by Crippen LogP contribution is -2.29. The van der Waals surface area contributed by atoms with Gasteiger partial charge < -0.3 is 19.9 Å². The van der Waals surface area contributed by atoms with Gasteiger partial charge in [0.15, 0.2) is 5.65 Å². The van der Waals surface area contributed by atoms with Gasteiger partial charge in [0.1, 0.15) is 30.2 Å². The van der Waals surface area contributed by atoms with Gasteiger partial charge in [-0.15, -0.1) is 0 Å². The number of nitrogens with zero attached hydrogens (tertiary/aromatic N) is 5. The molecule has 0 spiro atoms. The number of nitrogens with one attached hydrogen (secondary N) is 1. The van der Waals surface area contributed by atoms with Crippen LogP contribution in [0.15, 0.2) is 24.3 Å². The van der Waals surface area contributed by atoms with Crippen molar-refractivity contribution >= 4 is 16.9 Å². The van der Waals surface area contributed by atoms with Gasteiger partial charge in [-0.1, -0.05) is 18.2 Å². The molecule has 1 N–H and O–H groups in total. The molecule has 37 heavy (non-hydrogen) atoms. The maximum Gasteiger partial charge on any atom is 0.218 e. The lowest BCUT2D eigenvalue weighted by Gasteiger charge is -2.30. The van der Waals surface area contributed by atoms with Gasteiger partial charge in [-0.3, -0.25) is 0 Å². The minimum Gasteiger partial charge on any atom is -0.476 e. The molecule has 200 valence electrons. The first-order valence-electron chi connectivity index (χ1n) is 13.0. The van der Waals surface area contributed by atoms with Crippen molar-refractivity contribution in [3.8, 4) is 5.88 Å². The number of hydrogen-bond donors (Lipinski definition) is 1. The van der Waals surface area contributed by atoms with Gasteiger partial charge in [0, 0.05) is 23.2 Å². The quantitative estimate of drug-likeness (QED) is 0.410. The summed E-state index contributed by atoms with van der Waals surface area (Å²) in [6.07, 6.45) is 0.638. The van der Waals surface area contributed by atoms with E-state index in [1.165, 1.54) is 13.0 Å². The molecule has 1 aromatic carbocycles. The molecule has 2 aromatic heterocycles. The third-order valence-corrected chi connectivity index (χ3v) is 7.03. The van der Waals surface area contributed by atoms with Crippen molar-refractivity contribution < 1.29 is 13.5 Å². The topological polar surface area (TPSA) is 66.4 Å². The fourth-order valence-electron chi connectivity index (χ4n) is 4.82. The molecule has 1 aliphatic heterocycles. The predicted octanol–water partition coefficient (Wildman–Crippen LogP) is 5.43. The average molecular weight is 513 g/mol. The number of alkyl halides is 1. The number of fused-ring (bicyclic) bond motifs is 1. The molecule has 3 heterocycles. The Morgan fingerprint density at radius 2 is 1.84 bits per heavy atom. The number of halogens is 2. The Morgan fingerprint density at radius 3 is 2.51 bits per heavy atom. The van der Waals surface area contributed by atoms with Crippen molar-refractivity contribution in [2.75, 3.05) is 52.7 Å². The Kier molecular flexibility index (Phi) is 8.54. The lowest BCUT2D eigenvalue weighted by atomic mass is 9.89. The van der Waals surface area contributed by atoms with Crippen LogP contribution in [0.3, 0.4) is 0 Å². The number of benzene rings is 1. The number of aryl methyl sites for hydroxylation is 1. The van der Waals surface area contributed by atoms with E-state index >= 15 is 4.39 Å². The van der Waals surface area contributed by atoms with Gasteiger partial charge >= 0.3 is 0 Å². The van der Waals surface area contributed by atoms with Crippen molar-refractivity contribution in [3.63, 3.8) is 0 Å².